The van der Waals surface area contributed by atoms with Crippen LogP contribution in [0.2, 0.25) is 5.02 Å². The molecule has 0 N–H and O–H groups in total. The van der Waals surface area contributed by atoms with Gasteiger partial charge in [0.05, 0.1) is 25.0 Å². The third-order valence-electron chi connectivity index (χ3n) is 7.73. The number of amides is 1. The van der Waals surface area contributed by atoms with Crippen LogP contribution in [0.4, 0.5) is 0 Å². The van der Waals surface area contributed by atoms with Gasteiger partial charge in [0.15, 0.2) is 5.54 Å². The summed E-state index contributed by atoms with van der Waals surface area (Å²) >= 11 is 12.8. The number of ether oxygens (including phenoxy) is 3. The number of methoxy groups -OCH3 is 1. The Morgan fingerprint density at radius 1 is 1.12 bits per heavy atom. The minimum absolute atomic E-state index is 0.105. The summed E-state index contributed by atoms with van der Waals surface area (Å²) in [5, 5.41) is 0.543. The zero-order valence-electron chi connectivity index (χ0n) is 24.4. The van der Waals surface area contributed by atoms with Gasteiger partial charge in [-0.15, -0.1) is 0 Å². The molecule has 1 spiro atoms. The molecule has 3 aliphatic rings. The van der Waals surface area contributed by atoms with Crippen LogP contribution in [0.5, 0.6) is 0 Å². The molecule has 4 unspecified atom stereocenters. The van der Waals surface area contributed by atoms with Crippen LogP contribution >= 0.6 is 35.6 Å². The summed E-state index contributed by atoms with van der Waals surface area (Å²) < 4.78 is 15.5. The smallest absolute Gasteiger partial charge is 0.332 e. The number of nitrogens with zero attached hydrogens (tertiary/aromatic N) is 2. The van der Waals surface area contributed by atoms with Crippen LogP contribution in [0.15, 0.2) is 24.3 Å². The van der Waals surface area contributed by atoms with Gasteiger partial charge >= 0.3 is 17.9 Å². The molecule has 3 heterocycles. The summed E-state index contributed by atoms with van der Waals surface area (Å²) in [6, 6.07) is 6.46. The van der Waals surface area contributed by atoms with E-state index >= 15 is 0 Å². The third-order valence-corrected chi connectivity index (χ3v) is 9.93. The molecular formula is C29H37ClN2O7S2. The molecule has 1 aromatic rings. The number of thioether (sulfide) groups is 1. The molecule has 224 valence electrons. The second kappa shape index (κ2) is 11.1. The van der Waals surface area contributed by atoms with Gasteiger partial charge in [0.2, 0.25) is 5.91 Å². The number of halogens is 1. The fourth-order valence-corrected chi connectivity index (χ4v) is 8.16. The Morgan fingerprint density at radius 2 is 1.76 bits per heavy atom. The molecule has 4 atom stereocenters. The zero-order chi connectivity index (χ0) is 30.5. The second-order valence-electron chi connectivity index (χ2n) is 12.7. The summed E-state index contributed by atoms with van der Waals surface area (Å²) in [5.41, 5.74) is -2.90. The lowest BCUT2D eigenvalue weighted by molar-refractivity contribution is -0.180. The fraction of sp³-hybridized carbons (Fsp3) is 0.621. The third kappa shape index (κ3) is 5.39. The lowest BCUT2D eigenvalue weighted by Gasteiger charge is -2.44. The van der Waals surface area contributed by atoms with E-state index in [-0.39, 0.29) is 10.9 Å². The Bertz CT molecular complexity index is 1260. The van der Waals surface area contributed by atoms with Crippen molar-refractivity contribution in [2.24, 2.45) is 11.3 Å². The van der Waals surface area contributed by atoms with Crippen molar-refractivity contribution in [2.45, 2.75) is 82.9 Å². The first-order valence-corrected chi connectivity index (χ1v) is 15.1. The summed E-state index contributed by atoms with van der Waals surface area (Å²) in [4.78, 5) is 59.3. The van der Waals surface area contributed by atoms with Gasteiger partial charge < -0.3 is 14.2 Å². The van der Waals surface area contributed by atoms with Crippen LogP contribution in [-0.4, -0.2) is 80.1 Å². The second-order valence-corrected chi connectivity index (χ2v) is 15.0. The Balaban J connectivity index is 1.93. The highest BCUT2D eigenvalue weighted by Gasteiger charge is 2.82. The van der Waals surface area contributed by atoms with Crippen molar-refractivity contribution in [3.8, 4) is 0 Å². The SMILES string of the molecule is COC(=O)C1C2CCCN2C(COC(=O)C(C)(C)C)(C(=O)OC(C)(C)C)C12SC(=S)N(Cc1ccc(Cl)cc1)C2=O. The van der Waals surface area contributed by atoms with Crippen LogP contribution in [0.1, 0.15) is 59.9 Å². The number of benzene rings is 1. The van der Waals surface area contributed by atoms with Crippen LogP contribution in [0, 0.1) is 11.3 Å². The first-order valence-electron chi connectivity index (χ1n) is 13.5. The van der Waals surface area contributed by atoms with E-state index in [2.05, 4.69) is 0 Å². The molecule has 0 aromatic heterocycles. The molecule has 9 nitrogen and oxygen atoms in total. The first kappa shape index (κ1) is 31.7. The molecule has 4 rings (SSSR count). The molecule has 0 radical (unpaired) electrons. The number of carbonyl (C=O) groups is 4. The maximum atomic E-state index is 14.8. The summed E-state index contributed by atoms with van der Waals surface area (Å²) in [7, 11) is 1.26. The van der Waals surface area contributed by atoms with Gasteiger partial charge in [-0.1, -0.05) is 47.7 Å². The van der Waals surface area contributed by atoms with Crippen LogP contribution < -0.4 is 0 Å². The highest BCUT2D eigenvalue weighted by molar-refractivity contribution is 8.25. The highest BCUT2D eigenvalue weighted by Crippen LogP contribution is 2.62. The number of fused-ring (bicyclic) bond motifs is 1. The first-order chi connectivity index (χ1) is 19.0. The van der Waals surface area contributed by atoms with Gasteiger partial charge in [-0.3, -0.25) is 24.2 Å². The predicted octanol–water partition coefficient (Wildman–Crippen LogP) is 4.38. The Morgan fingerprint density at radius 3 is 2.32 bits per heavy atom. The standard InChI is InChI=1S/C29H37ClN2O7S2/c1-26(2,3)23(35)38-16-28(24(36)39-27(4,5)6)29(20(21(33)37-7)19-9-8-14-32(19)28)22(34)31(25(40)41-29)15-17-10-12-18(30)13-11-17/h10-13,19-20H,8-9,14-16H2,1-7H3. The van der Waals surface area contributed by atoms with Crippen LogP contribution in [0.25, 0.3) is 0 Å². The molecular weight excluding hydrogens is 588 g/mol. The molecule has 1 amide bonds. The van der Waals surface area contributed by atoms with Crippen molar-refractivity contribution in [3.63, 3.8) is 0 Å². The van der Waals surface area contributed by atoms with Crippen molar-refractivity contribution in [3.05, 3.63) is 34.9 Å². The Hall–Kier alpha value is -2.21. The number of carbonyl (C=O) groups excluding carboxylic acids is 4. The summed E-state index contributed by atoms with van der Waals surface area (Å²) in [6.45, 7) is 10.3. The molecule has 0 saturated carbocycles. The molecule has 3 saturated heterocycles. The molecule has 12 heteroatoms. The van der Waals surface area contributed by atoms with E-state index in [1.165, 1.54) is 12.0 Å². The summed E-state index contributed by atoms with van der Waals surface area (Å²) in [6.07, 6.45) is 1.21. The fourth-order valence-electron chi connectivity index (χ4n) is 5.96. The van der Waals surface area contributed by atoms with Gasteiger partial charge in [-0.25, -0.2) is 4.79 Å². The Kier molecular flexibility index (Phi) is 8.61. The molecule has 3 aliphatic heterocycles. The van der Waals surface area contributed by atoms with E-state index in [9.17, 15) is 19.2 Å². The van der Waals surface area contributed by atoms with Crippen LogP contribution in [-0.2, 0) is 39.9 Å². The van der Waals surface area contributed by atoms with E-state index in [1.807, 2.05) is 4.90 Å². The van der Waals surface area contributed by atoms with E-state index < -0.39 is 63.7 Å². The van der Waals surface area contributed by atoms with Crippen molar-refractivity contribution in [1.29, 1.82) is 0 Å². The summed E-state index contributed by atoms with van der Waals surface area (Å²) in [5.74, 6) is -3.52. The van der Waals surface area contributed by atoms with E-state index in [0.29, 0.717) is 24.4 Å². The van der Waals surface area contributed by atoms with Crippen molar-refractivity contribution in [1.82, 2.24) is 9.80 Å². The maximum Gasteiger partial charge on any atom is 0.332 e. The average molecular weight is 625 g/mol. The number of hydrogen-bond acceptors (Lipinski definition) is 10. The topological polar surface area (TPSA) is 102 Å². The number of hydrogen-bond donors (Lipinski definition) is 0. The molecule has 1 aromatic carbocycles. The molecule has 0 bridgehead atoms. The number of thiocarbonyl (C=S) groups is 1. The van der Waals surface area contributed by atoms with Gasteiger partial charge in [0, 0.05) is 11.1 Å². The van der Waals surface area contributed by atoms with Gasteiger partial charge in [-0.05, 0) is 78.6 Å². The normalized spacial score (nSPS) is 28.2. The molecule has 3 fully saturated rings. The van der Waals surface area contributed by atoms with Gasteiger partial charge in [0.1, 0.15) is 21.3 Å². The minimum atomic E-state index is -1.85. The van der Waals surface area contributed by atoms with Gasteiger partial charge in [-0.2, -0.15) is 0 Å². The monoisotopic (exact) mass is 624 g/mol. The molecule has 41 heavy (non-hydrogen) atoms. The highest BCUT2D eigenvalue weighted by atomic mass is 35.5. The predicted molar refractivity (Wildman–Crippen MR) is 159 cm³/mol. The Labute approximate surface area is 255 Å². The van der Waals surface area contributed by atoms with E-state index in [0.717, 1.165) is 17.3 Å². The van der Waals surface area contributed by atoms with Crippen molar-refractivity contribution < 1.29 is 33.4 Å². The zero-order valence-corrected chi connectivity index (χ0v) is 26.8. The molecule has 0 aliphatic carbocycles. The van der Waals surface area contributed by atoms with Crippen LogP contribution in [0.3, 0.4) is 0 Å². The van der Waals surface area contributed by atoms with Crippen molar-refractivity contribution >= 4 is 63.7 Å². The lowest BCUT2D eigenvalue weighted by atomic mass is 9.75. The van der Waals surface area contributed by atoms with E-state index in [4.69, 9.17) is 38.0 Å². The average Bonchev–Trinajstić information content (AvgIpc) is 3.50. The lowest BCUT2D eigenvalue weighted by Crippen LogP contribution is -2.70. The number of rotatable bonds is 6. The van der Waals surface area contributed by atoms with Crippen molar-refractivity contribution in [2.75, 3.05) is 20.3 Å². The maximum absolute atomic E-state index is 14.8. The minimum Gasteiger partial charge on any atom is -0.469 e. The van der Waals surface area contributed by atoms with E-state index in [1.54, 1.807) is 65.8 Å². The number of esters is 3. The quantitative estimate of drug-likeness (QED) is 0.257. The largest absolute Gasteiger partial charge is 0.469 e. The van der Waals surface area contributed by atoms with Gasteiger partial charge in [0.25, 0.3) is 0 Å².